The van der Waals surface area contributed by atoms with E-state index < -0.39 is 5.97 Å². The highest BCUT2D eigenvalue weighted by atomic mass is 16.4. The minimum absolute atomic E-state index is 0.116. The third-order valence-electron chi connectivity index (χ3n) is 1.81. The number of nitrogens with two attached hydrogens (primary N) is 1. The Balaban J connectivity index is 3.18. The third kappa shape index (κ3) is 2.05. The van der Waals surface area contributed by atoms with Gasteiger partial charge in [0.25, 0.3) is 0 Å². The second-order valence-electron chi connectivity index (χ2n) is 2.66. The maximum Gasteiger partial charge on any atom is 0.336 e. The molecule has 13 heavy (non-hydrogen) atoms. The highest BCUT2D eigenvalue weighted by molar-refractivity contribution is 5.89. The molecule has 1 aromatic carbocycles. The molecule has 0 atom stereocenters. The summed E-state index contributed by atoms with van der Waals surface area (Å²) in [6, 6.07) is 4.76. The van der Waals surface area contributed by atoms with E-state index in [1.165, 1.54) is 6.07 Å². The molecule has 0 aliphatic rings. The van der Waals surface area contributed by atoms with Crippen molar-refractivity contribution in [3.63, 3.8) is 0 Å². The molecule has 0 aliphatic heterocycles. The van der Waals surface area contributed by atoms with E-state index >= 15 is 0 Å². The number of hydrogen-bond acceptors (Lipinski definition) is 3. The fourth-order valence-electron chi connectivity index (χ4n) is 1.09. The Morgan fingerprint density at radius 2 is 2.15 bits per heavy atom. The highest BCUT2D eigenvalue weighted by Crippen LogP contribution is 2.11. The van der Waals surface area contributed by atoms with Crippen LogP contribution in [0.25, 0.3) is 0 Å². The summed E-state index contributed by atoms with van der Waals surface area (Å²) in [4.78, 5) is 10.7. The van der Waals surface area contributed by atoms with E-state index in [4.69, 9.17) is 15.9 Å². The van der Waals surface area contributed by atoms with E-state index in [0.717, 1.165) is 5.56 Å². The number of benzene rings is 1. The van der Waals surface area contributed by atoms with Gasteiger partial charge in [-0.15, -0.1) is 0 Å². The molecule has 0 fully saturated rings. The minimum atomic E-state index is -1.04. The maximum atomic E-state index is 10.7. The van der Waals surface area contributed by atoms with E-state index in [9.17, 15) is 4.79 Å². The lowest BCUT2D eigenvalue weighted by Crippen LogP contribution is -2.05. The lowest BCUT2D eigenvalue weighted by Gasteiger charge is -2.04. The molecule has 4 nitrogen and oxygen atoms in total. The summed E-state index contributed by atoms with van der Waals surface area (Å²) in [6.45, 7) is 0.0263. The molecule has 70 valence electrons. The number of aliphatic hydroxyl groups is 1. The van der Waals surface area contributed by atoms with Crippen molar-refractivity contribution < 1.29 is 15.0 Å². The number of aromatic carboxylic acids is 1. The second-order valence-corrected chi connectivity index (χ2v) is 2.66. The first-order chi connectivity index (χ1) is 6.19. The van der Waals surface area contributed by atoms with Crippen molar-refractivity contribution >= 4 is 5.97 Å². The lowest BCUT2D eigenvalue weighted by molar-refractivity contribution is 0.0693. The van der Waals surface area contributed by atoms with Crippen molar-refractivity contribution in [2.24, 2.45) is 5.73 Å². The summed E-state index contributed by atoms with van der Waals surface area (Å²) >= 11 is 0. The van der Waals surface area contributed by atoms with Crippen molar-refractivity contribution in [1.82, 2.24) is 0 Å². The fourth-order valence-corrected chi connectivity index (χ4v) is 1.09. The molecule has 0 radical (unpaired) electrons. The molecule has 0 aromatic heterocycles. The zero-order valence-corrected chi connectivity index (χ0v) is 7.03. The topological polar surface area (TPSA) is 83.5 Å². The van der Waals surface area contributed by atoms with E-state index in [2.05, 4.69) is 0 Å². The van der Waals surface area contributed by atoms with E-state index in [1.807, 2.05) is 0 Å². The molecule has 0 aliphatic carbocycles. The highest BCUT2D eigenvalue weighted by Gasteiger charge is 2.09. The number of carboxylic acids is 1. The molecule has 0 saturated carbocycles. The van der Waals surface area contributed by atoms with Crippen LogP contribution in [-0.2, 0) is 13.2 Å². The molecule has 4 heteroatoms. The Morgan fingerprint density at radius 1 is 1.46 bits per heavy atom. The van der Waals surface area contributed by atoms with Gasteiger partial charge in [-0.25, -0.2) is 4.79 Å². The Morgan fingerprint density at radius 3 is 2.62 bits per heavy atom. The third-order valence-corrected chi connectivity index (χ3v) is 1.81. The van der Waals surface area contributed by atoms with Crippen molar-refractivity contribution in [1.29, 1.82) is 0 Å². The zero-order valence-electron chi connectivity index (χ0n) is 7.03. The lowest BCUT2D eigenvalue weighted by atomic mass is 10.0. The molecule has 0 bridgehead atoms. The second kappa shape index (κ2) is 4.02. The van der Waals surface area contributed by atoms with Crippen LogP contribution in [0.2, 0.25) is 0 Å². The largest absolute Gasteiger partial charge is 0.478 e. The Hall–Kier alpha value is -1.39. The summed E-state index contributed by atoms with van der Waals surface area (Å²) in [5, 5.41) is 17.6. The SMILES string of the molecule is NCc1ccc(CO)c(C(=O)O)c1. The summed E-state index contributed by atoms with van der Waals surface area (Å²) in [7, 11) is 0. The van der Waals surface area contributed by atoms with Gasteiger partial charge in [-0.1, -0.05) is 12.1 Å². The van der Waals surface area contributed by atoms with Crippen molar-refractivity contribution in [2.45, 2.75) is 13.2 Å². The average molecular weight is 181 g/mol. The van der Waals surface area contributed by atoms with Gasteiger partial charge in [0.05, 0.1) is 12.2 Å². The first-order valence-corrected chi connectivity index (χ1v) is 3.85. The maximum absolute atomic E-state index is 10.7. The summed E-state index contributed by atoms with van der Waals surface area (Å²) in [5.74, 6) is -1.04. The smallest absolute Gasteiger partial charge is 0.336 e. The molecule has 1 rings (SSSR count). The number of rotatable bonds is 3. The van der Waals surface area contributed by atoms with Crippen LogP contribution in [0.1, 0.15) is 21.5 Å². The van der Waals surface area contributed by atoms with Crippen LogP contribution in [0, 0.1) is 0 Å². The summed E-state index contributed by atoms with van der Waals surface area (Å²) in [5.41, 5.74) is 6.62. The summed E-state index contributed by atoms with van der Waals surface area (Å²) in [6.07, 6.45) is 0. The molecule has 0 spiro atoms. The molecule has 0 saturated heterocycles. The van der Waals surface area contributed by atoms with Crippen LogP contribution in [-0.4, -0.2) is 16.2 Å². The van der Waals surface area contributed by atoms with Crippen LogP contribution in [0.3, 0.4) is 0 Å². The Kier molecular flexibility index (Phi) is 3.00. The standard InChI is InChI=1S/C9H11NO3/c10-4-6-1-2-7(5-11)8(3-6)9(12)13/h1-3,11H,4-5,10H2,(H,12,13). The number of aliphatic hydroxyl groups excluding tert-OH is 1. The monoisotopic (exact) mass is 181 g/mol. The number of carbonyl (C=O) groups is 1. The first kappa shape index (κ1) is 9.70. The van der Waals surface area contributed by atoms with Gasteiger partial charge in [0.2, 0.25) is 0 Å². The average Bonchev–Trinajstić information content (AvgIpc) is 2.16. The van der Waals surface area contributed by atoms with Gasteiger partial charge >= 0.3 is 5.97 Å². The van der Waals surface area contributed by atoms with Gasteiger partial charge in [-0.2, -0.15) is 0 Å². The normalized spacial score (nSPS) is 10.0. The molecule has 1 aromatic rings. The van der Waals surface area contributed by atoms with E-state index in [1.54, 1.807) is 12.1 Å². The zero-order chi connectivity index (χ0) is 9.84. The van der Waals surface area contributed by atoms with Gasteiger partial charge in [-0.05, 0) is 17.2 Å². The predicted octanol–water partition coefficient (Wildman–Crippen LogP) is 0.336. The van der Waals surface area contributed by atoms with Crippen molar-refractivity contribution in [3.05, 3.63) is 34.9 Å². The van der Waals surface area contributed by atoms with Gasteiger partial charge in [0.15, 0.2) is 0 Å². The molecular formula is C9H11NO3. The first-order valence-electron chi connectivity index (χ1n) is 3.85. The van der Waals surface area contributed by atoms with Crippen LogP contribution in [0.15, 0.2) is 18.2 Å². The number of carboxylic acid groups (broad SMARTS) is 1. The predicted molar refractivity (Wildman–Crippen MR) is 47.2 cm³/mol. The van der Waals surface area contributed by atoms with Crippen LogP contribution in [0.4, 0.5) is 0 Å². The van der Waals surface area contributed by atoms with Crippen LogP contribution >= 0.6 is 0 Å². The molecular weight excluding hydrogens is 170 g/mol. The summed E-state index contributed by atoms with van der Waals surface area (Å²) < 4.78 is 0. The molecule has 0 amide bonds. The van der Waals surface area contributed by atoms with E-state index in [-0.39, 0.29) is 12.2 Å². The Labute approximate surface area is 75.6 Å². The number of hydrogen-bond donors (Lipinski definition) is 3. The van der Waals surface area contributed by atoms with Gasteiger partial charge in [0, 0.05) is 6.54 Å². The molecule has 4 N–H and O–H groups in total. The van der Waals surface area contributed by atoms with Gasteiger partial charge in [0.1, 0.15) is 0 Å². The fraction of sp³-hybridized carbons (Fsp3) is 0.222. The van der Waals surface area contributed by atoms with Gasteiger partial charge in [-0.3, -0.25) is 0 Å². The van der Waals surface area contributed by atoms with E-state index in [0.29, 0.717) is 12.1 Å². The molecule has 0 heterocycles. The van der Waals surface area contributed by atoms with Gasteiger partial charge < -0.3 is 15.9 Å². The van der Waals surface area contributed by atoms with Crippen LogP contribution in [0.5, 0.6) is 0 Å². The quantitative estimate of drug-likeness (QED) is 0.627. The van der Waals surface area contributed by atoms with Crippen molar-refractivity contribution in [3.8, 4) is 0 Å². The van der Waals surface area contributed by atoms with Crippen molar-refractivity contribution in [2.75, 3.05) is 0 Å². The minimum Gasteiger partial charge on any atom is -0.478 e. The Bertz CT molecular complexity index is 323. The van der Waals surface area contributed by atoms with Crippen LogP contribution < -0.4 is 5.73 Å². The molecule has 0 unspecified atom stereocenters.